The van der Waals surface area contributed by atoms with E-state index >= 15 is 0 Å². The molecule has 1 N–H and O–H groups in total. The van der Waals surface area contributed by atoms with Gasteiger partial charge in [0.25, 0.3) is 0 Å². The molecule has 0 radical (unpaired) electrons. The van der Waals surface area contributed by atoms with Gasteiger partial charge in [0.15, 0.2) is 0 Å². The lowest BCUT2D eigenvalue weighted by atomic mass is 9.83. The highest BCUT2D eigenvalue weighted by molar-refractivity contribution is 6.30. The quantitative estimate of drug-likeness (QED) is 0.805. The van der Waals surface area contributed by atoms with Crippen LogP contribution in [0.5, 0.6) is 0 Å². The van der Waals surface area contributed by atoms with Crippen molar-refractivity contribution in [3.8, 4) is 0 Å². The maximum Gasteiger partial charge on any atom is 0.228 e. The Hall–Kier alpha value is -1.02. The molecule has 126 valence electrons. The highest BCUT2D eigenvalue weighted by Crippen LogP contribution is 2.49. The van der Waals surface area contributed by atoms with Gasteiger partial charge < -0.3 is 5.32 Å². The number of nitrogens with one attached hydrogen (secondary N) is 1. The molecule has 2 bridgehead atoms. The third kappa shape index (κ3) is 3.57. The van der Waals surface area contributed by atoms with E-state index in [1.807, 2.05) is 24.3 Å². The van der Waals surface area contributed by atoms with Crippen LogP contribution in [0.3, 0.4) is 0 Å². The van der Waals surface area contributed by atoms with Crippen LogP contribution in [0.15, 0.2) is 24.3 Å². The van der Waals surface area contributed by atoms with Crippen LogP contribution >= 0.6 is 11.6 Å². The average Bonchev–Trinajstić information content (AvgIpc) is 3.12. The van der Waals surface area contributed by atoms with Crippen LogP contribution in [0, 0.1) is 23.7 Å². The Morgan fingerprint density at radius 2 is 1.83 bits per heavy atom. The van der Waals surface area contributed by atoms with Crippen LogP contribution in [0.25, 0.3) is 0 Å². The summed E-state index contributed by atoms with van der Waals surface area (Å²) in [5, 5.41) is 4.04. The zero-order chi connectivity index (χ0) is 16.6. The second-order valence-electron chi connectivity index (χ2n) is 7.91. The number of hydrogen-bond acceptors (Lipinski definition) is 1. The van der Waals surface area contributed by atoms with Gasteiger partial charge in [-0.15, -0.1) is 0 Å². The molecule has 2 saturated carbocycles. The summed E-state index contributed by atoms with van der Waals surface area (Å²) in [6, 6.07) is 7.99. The number of fused-ring (bicyclic) bond motifs is 2. The molecule has 1 aromatic carbocycles. The number of rotatable bonds is 5. The van der Waals surface area contributed by atoms with Crippen molar-refractivity contribution in [1.29, 1.82) is 0 Å². The van der Waals surface area contributed by atoms with Crippen molar-refractivity contribution < 1.29 is 4.79 Å². The van der Waals surface area contributed by atoms with Gasteiger partial charge in [-0.2, -0.15) is 0 Å². The summed E-state index contributed by atoms with van der Waals surface area (Å²) < 4.78 is 0. The van der Waals surface area contributed by atoms with Crippen molar-refractivity contribution in [1.82, 2.24) is 5.32 Å². The molecule has 3 rings (SSSR count). The first kappa shape index (κ1) is 16.8. The molecule has 5 atom stereocenters. The Kier molecular flexibility index (Phi) is 5.01. The molecular formula is C20H28ClNO. The molecule has 2 nitrogen and oxygen atoms in total. The number of carbonyl (C=O) groups is 1. The first-order valence-corrected chi connectivity index (χ1v) is 9.39. The van der Waals surface area contributed by atoms with Crippen LogP contribution in [-0.2, 0) is 4.79 Å². The largest absolute Gasteiger partial charge is 0.353 e. The normalized spacial score (nSPS) is 28.8. The predicted molar refractivity (Wildman–Crippen MR) is 95.6 cm³/mol. The molecule has 0 unspecified atom stereocenters. The molecule has 0 saturated heterocycles. The molecule has 1 amide bonds. The second-order valence-corrected chi connectivity index (χ2v) is 8.35. The first-order valence-electron chi connectivity index (χ1n) is 9.01. The van der Waals surface area contributed by atoms with Gasteiger partial charge >= 0.3 is 0 Å². The minimum Gasteiger partial charge on any atom is -0.353 e. The fourth-order valence-electron chi connectivity index (χ4n) is 4.84. The van der Waals surface area contributed by atoms with Crippen molar-refractivity contribution in [2.75, 3.05) is 0 Å². The fraction of sp³-hybridized carbons (Fsp3) is 0.650. The SMILES string of the molecule is CC(C)[C@H](C(=O)N[C@@H](C)[C@@H]1C[C@H]2CC[C@H]1C2)c1ccc(Cl)cc1. The van der Waals surface area contributed by atoms with Crippen molar-refractivity contribution in [3.05, 3.63) is 34.9 Å². The lowest BCUT2D eigenvalue weighted by molar-refractivity contribution is -0.124. The summed E-state index contributed by atoms with van der Waals surface area (Å²) >= 11 is 5.98. The summed E-state index contributed by atoms with van der Waals surface area (Å²) in [7, 11) is 0. The number of carbonyl (C=O) groups excluding carboxylic acids is 1. The van der Waals surface area contributed by atoms with Crippen LogP contribution in [0.2, 0.25) is 5.02 Å². The molecular weight excluding hydrogens is 306 g/mol. The van der Waals surface area contributed by atoms with E-state index in [9.17, 15) is 4.79 Å². The molecule has 2 aliphatic carbocycles. The van der Waals surface area contributed by atoms with Crippen molar-refractivity contribution in [3.63, 3.8) is 0 Å². The number of halogens is 1. The first-order chi connectivity index (χ1) is 11.0. The molecule has 0 aliphatic heterocycles. The number of hydrogen-bond donors (Lipinski definition) is 1. The maximum absolute atomic E-state index is 12.9. The molecule has 3 heteroatoms. The molecule has 0 spiro atoms. The monoisotopic (exact) mass is 333 g/mol. The highest BCUT2D eigenvalue weighted by Gasteiger charge is 2.42. The smallest absolute Gasteiger partial charge is 0.228 e. The topological polar surface area (TPSA) is 29.1 Å². The number of benzene rings is 1. The fourth-order valence-corrected chi connectivity index (χ4v) is 4.96. The van der Waals surface area contributed by atoms with Crippen molar-refractivity contribution in [2.45, 2.75) is 58.4 Å². The van der Waals surface area contributed by atoms with E-state index in [0.717, 1.165) is 17.4 Å². The van der Waals surface area contributed by atoms with Crippen LogP contribution in [0.1, 0.15) is 57.9 Å². The zero-order valence-corrected chi connectivity index (χ0v) is 15.1. The molecule has 23 heavy (non-hydrogen) atoms. The average molecular weight is 334 g/mol. The maximum atomic E-state index is 12.9. The van der Waals surface area contributed by atoms with Gasteiger partial charge in [0.1, 0.15) is 0 Å². The molecule has 0 aromatic heterocycles. The van der Waals surface area contributed by atoms with E-state index in [0.29, 0.717) is 10.9 Å². The molecule has 1 aromatic rings. The Bertz CT molecular complexity index is 553. The van der Waals surface area contributed by atoms with Crippen LogP contribution in [0.4, 0.5) is 0 Å². The van der Waals surface area contributed by atoms with Crippen molar-refractivity contribution >= 4 is 17.5 Å². The van der Waals surface area contributed by atoms with Gasteiger partial charge in [-0.25, -0.2) is 0 Å². The summed E-state index contributed by atoms with van der Waals surface area (Å²) in [5.74, 6) is 2.76. The van der Waals surface area contributed by atoms with E-state index < -0.39 is 0 Å². The number of amides is 1. The molecule has 2 fully saturated rings. The molecule has 2 aliphatic rings. The van der Waals surface area contributed by atoms with E-state index in [1.54, 1.807) is 0 Å². The van der Waals surface area contributed by atoms with Gasteiger partial charge in [-0.3, -0.25) is 4.79 Å². The highest BCUT2D eigenvalue weighted by atomic mass is 35.5. The Morgan fingerprint density at radius 3 is 2.35 bits per heavy atom. The Labute approximate surface area is 145 Å². The predicted octanol–water partition coefficient (Wildman–Crippen LogP) is 5.02. The zero-order valence-electron chi connectivity index (χ0n) is 14.4. The van der Waals surface area contributed by atoms with Gasteiger partial charge in [-0.1, -0.05) is 44.0 Å². The standard InChI is InChI=1S/C20H28ClNO/c1-12(2)19(15-6-8-17(21)9-7-15)20(23)22-13(3)18-11-14-4-5-16(18)10-14/h6-9,12-14,16,18-19H,4-5,10-11H2,1-3H3,(H,22,23)/t13-,14-,16-,18-,19-/m0/s1. The van der Waals surface area contributed by atoms with Crippen LogP contribution in [-0.4, -0.2) is 11.9 Å². The third-order valence-corrected chi connectivity index (χ3v) is 6.24. The Morgan fingerprint density at radius 1 is 1.13 bits per heavy atom. The minimum absolute atomic E-state index is 0.103. The van der Waals surface area contributed by atoms with Crippen LogP contribution < -0.4 is 5.32 Å². The van der Waals surface area contributed by atoms with Gasteiger partial charge in [0.05, 0.1) is 5.92 Å². The second kappa shape index (κ2) is 6.84. The van der Waals surface area contributed by atoms with Crippen molar-refractivity contribution in [2.24, 2.45) is 23.7 Å². The van der Waals surface area contributed by atoms with E-state index in [4.69, 9.17) is 11.6 Å². The summed E-state index contributed by atoms with van der Waals surface area (Å²) in [6.45, 7) is 6.42. The van der Waals surface area contributed by atoms with E-state index in [2.05, 4.69) is 26.1 Å². The van der Waals surface area contributed by atoms with E-state index in [1.165, 1.54) is 25.7 Å². The Balaban J connectivity index is 1.68. The summed E-state index contributed by atoms with van der Waals surface area (Å²) in [5.41, 5.74) is 1.06. The van der Waals surface area contributed by atoms with Gasteiger partial charge in [-0.05, 0) is 67.6 Å². The summed E-state index contributed by atoms with van der Waals surface area (Å²) in [4.78, 5) is 12.9. The minimum atomic E-state index is -0.103. The van der Waals surface area contributed by atoms with Gasteiger partial charge in [0, 0.05) is 11.1 Å². The third-order valence-electron chi connectivity index (χ3n) is 5.98. The van der Waals surface area contributed by atoms with E-state index in [-0.39, 0.29) is 23.8 Å². The lowest BCUT2D eigenvalue weighted by Crippen LogP contribution is -2.43. The summed E-state index contributed by atoms with van der Waals surface area (Å²) in [6.07, 6.45) is 5.45. The van der Waals surface area contributed by atoms with Gasteiger partial charge in [0.2, 0.25) is 5.91 Å². The lowest BCUT2D eigenvalue weighted by Gasteiger charge is -2.30. The molecule has 0 heterocycles.